The molecule has 0 bridgehead atoms. The Bertz CT molecular complexity index is 3890. The maximum atomic E-state index is 2.63. The lowest BCUT2D eigenvalue weighted by Crippen LogP contribution is -2.48. The lowest BCUT2D eigenvalue weighted by atomic mass is 9.50. The summed E-state index contributed by atoms with van der Waals surface area (Å²) in [6, 6.07) is 78.3. The summed E-state index contributed by atoms with van der Waals surface area (Å²) in [6.45, 7) is 0. The predicted molar refractivity (Wildman–Crippen MR) is 248 cm³/mol. The summed E-state index contributed by atoms with van der Waals surface area (Å²) in [7, 11) is 0. The van der Waals surface area contributed by atoms with E-state index in [1.165, 1.54) is 121 Å². The summed E-state index contributed by atoms with van der Waals surface area (Å²) in [5.74, 6) is 0. The minimum atomic E-state index is -0.571. The van der Waals surface area contributed by atoms with Gasteiger partial charge in [-0.1, -0.05) is 158 Å². The monoisotopic (exact) mass is 758 g/mol. The van der Waals surface area contributed by atoms with Gasteiger partial charge in [0.15, 0.2) is 0 Å². The van der Waals surface area contributed by atoms with Crippen molar-refractivity contribution in [3.05, 3.63) is 240 Å². The Morgan fingerprint density at radius 1 is 0.267 bits per heavy atom. The standard InChI is InChI=1S/C58H34N2/c1-3-17-35(18-4-1)59-51-32-14-10-24-40(51)53-41-25-15-29-46-54(41)49(34-52(53)59)58-45-28-12-8-22-38(45)37-21-7-11-27-44(37)57(46,58)47-30-16-26-42-55(47)48(58)33-43-39-23-9-13-31-50(39)60(56(42)43)36-19-5-2-6-20-36/h1-34H. The Kier molecular flexibility index (Phi) is 5.58. The van der Waals surface area contributed by atoms with E-state index in [0.717, 1.165) is 0 Å². The molecule has 3 aliphatic carbocycles. The molecule has 15 rings (SSSR count). The smallest absolute Gasteiger partial charge is 0.0649 e. The van der Waals surface area contributed by atoms with E-state index in [9.17, 15) is 0 Å². The van der Waals surface area contributed by atoms with E-state index in [1.54, 1.807) is 0 Å². The first-order valence-corrected chi connectivity index (χ1v) is 21.1. The van der Waals surface area contributed by atoms with Gasteiger partial charge in [0.05, 0.1) is 32.9 Å². The van der Waals surface area contributed by atoms with Crippen LogP contribution in [-0.2, 0) is 10.8 Å². The van der Waals surface area contributed by atoms with Crippen molar-refractivity contribution in [2.24, 2.45) is 0 Å². The number of para-hydroxylation sites is 4. The average Bonchev–Trinajstić information content (AvgIpc) is 4.00. The normalized spacial score (nSPS) is 18.1. The second-order valence-corrected chi connectivity index (χ2v) is 17.1. The van der Waals surface area contributed by atoms with E-state index >= 15 is 0 Å². The van der Waals surface area contributed by atoms with E-state index in [4.69, 9.17) is 0 Å². The van der Waals surface area contributed by atoms with Crippen molar-refractivity contribution in [1.29, 1.82) is 0 Å². The van der Waals surface area contributed by atoms with Crippen LogP contribution in [0.5, 0.6) is 0 Å². The number of nitrogens with zero attached hydrogens (tertiary/aromatic N) is 2. The third kappa shape index (κ3) is 3.28. The van der Waals surface area contributed by atoms with Crippen LogP contribution in [0.2, 0.25) is 0 Å². The Morgan fingerprint density at radius 2 is 0.733 bits per heavy atom. The Balaban J connectivity index is 1.23. The highest BCUT2D eigenvalue weighted by molar-refractivity contribution is 6.27. The number of rotatable bonds is 2. The topological polar surface area (TPSA) is 9.86 Å². The van der Waals surface area contributed by atoms with Crippen molar-refractivity contribution in [1.82, 2.24) is 9.13 Å². The van der Waals surface area contributed by atoms with Crippen LogP contribution in [0, 0.1) is 0 Å². The van der Waals surface area contributed by atoms with E-state index < -0.39 is 10.8 Å². The summed E-state index contributed by atoms with van der Waals surface area (Å²) in [4.78, 5) is 0. The van der Waals surface area contributed by atoms with Gasteiger partial charge in [0.1, 0.15) is 0 Å². The molecule has 2 heterocycles. The van der Waals surface area contributed by atoms with E-state index in [-0.39, 0.29) is 0 Å². The van der Waals surface area contributed by atoms with E-state index in [2.05, 4.69) is 215 Å². The van der Waals surface area contributed by atoms with Gasteiger partial charge in [-0.3, -0.25) is 0 Å². The molecule has 2 atom stereocenters. The van der Waals surface area contributed by atoms with Crippen molar-refractivity contribution in [3.63, 3.8) is 0 Å². The molecule has 0 spiro atoms. The van der Waals surface area contributed by atoms with Gasteiger partial charge >= 0.3 is 0 Å². The fourth-order valence-electron chi connectivity index (χ4n) is 13.0. The molecular weight excluding hydrogens is 725 g/mol. The predicted octanol–water partition coefficient (Wildman–Crippen LogP) is 14.2. The lowest BCUT2D eigenvalue weighted by Gasteiger charge is -2.50. The van der Waals surface area contributed by atoms with Crippen LogP contribution in [0.25, 0.3) is 87.7 Å². The molecule has 276 valence electrons. The minimum Gasteiger partial charge on any atom is -0.309 e. The first kappa shape index (κ1) is 31.3. The maximum Gasteiger partial charge on any atom is 0.0649 e. The lowest BCUT2D eigenvalue weighted by molar-refractivity contribution is 0.461. The van der Waals surface area contributed by atoms with Gasteiger partial charge in [0.2, 0.25) is 0 Å². The molecule has 3 aliphatic rings. The molecule has 0 N–H and O–H groups in total. The zero-order valence-electron chi connectivity index (χ0n) is 32.5. The van der Waals surface area contributed by atoms with Gasteiger partial charge in [-0.2, -0.15) is 0 Å². The van der Waals surface area contributed by atoms with Crippen LogP contribution >= 0.6 is 0 Å². The van der Waals surface area contributed by atoms with Crippen molar-refractivity contribution in [2.75, 3.05) is 0 Å². The summed E-state index contributed by atoms with van der Waals surface area (Å²) in [5.41, 5.74) is 17.2. The van der Waals surface area contributed by atoms with Crippen LogP contribution in [0.1, 0.15) is 33.4 Å². The molecular formula is C58H34N2. The maximum absolute atomic E-state index is 2.63. The highest BCUT2D eigenvalue weighted by Crippen LogP contribution is 2.75. The summed E-state index contributed by atoms with van der Waals surface area (Å²) in [5, 5.41) is 10.6. The number of benzene rings is 10. The third-order valence-electron chi connectivity index (χ3n) is 14.7. The fraction of sp³-hybridized carbons (Fsp3) is 0.0345. The molecule has 0 saturated carbocycles. The van der Waals surface area contributed by atoms with Gasteiger partial charge < -0.3 is 9.13 Å². The molecule has 2 heteroatoms. The van der Waals surface area contributed by atoms with Gasteiger partial charge in [-0.15, -0.1) is 0 Å². The van der Waals surface area contributed by atoms with Crippen LogP contribution < -0.4 is 0 Å². The van der Waals surface area contributed by atoms with Crippen molar-refractivity contribution < 1.29 is 0 Å². The number of aromatic nitrogens is 2. The van der Waals surface area contributed by atoms with E-state index in [1.807, 2.05) is 0 Å². The number of hydrogen-bond acceptors (Lipinski definition) is 0. The summed E-state index contributed by atoms with van der Waals surface area (Å²) < 4.78 is 5.03. The molecule has 2 nitrogen and oxygen atoms in total. The van der Waals surface area contributed by atoms with Gasteiger partial charge in [-0.25, -0.2) is 0 Å². The Labute approximate surface area is 345 Å². The Morgan fingerprint density at radius 3 is 1.42 bits per heavy atom. The molecule has 0 amide bonds. The molecule has 0 radical (unpaired) electrons. The summed E-state index contributed by atoms with van der Waals surface area (Å²) >= 11 is 0. The zero-order chi connectivity index (χ0) is 38.9. The molecule has 2 aromatic heterocycles. The molecule has 0 aliphatic heterocycles. The minimum absolute atomic E-state index is 0.528. The Hall–Kier alpha value is -7.68. The second kappa shape index (κ2) is 10.7. The third-order valence-corrected chi connectivity index (χ3v) is 14.7. The van der Waals surface area contributed by atoms with Crippen LogP contribution in [0.15, 0.2) is 206 Å². The van der Waals surface area contributed by atoms with Gasteiger partial charge in [0.25, 0.3) is 0 Å². The summed E-state index contributed by atoms with van der Waals surface area (Å²) in [6.07, 6.45) is 0. The van der Waals surface area contributed by atoms with Crippen LogP contribution in [0.4, 0.5) is 0 Å². The highest BCUT2D eigenvalue weighted by atomic mass is 15.0. The number of fused-ring (bicyclic) bond motifs is 11. The molecule has 12 aromatic rings. The zero-order valence-corrected chi connectivity index (χ0v) is 32.5. The first-order chi connectivity index (χ1) is 29.8. The second-order valence-electron chi connectivity index (χ2n) is 17.1. The first-order valence-electron chi connectivity index (χ1n) is 21.1. The molecule has 2 unspecified atom stereocenters. The van der Waals surface area contributed by atoms with Crippen LogP contribution in [-0.4, -0.2) is 9.13 Å². The van der Waals surface area contributed by atoms with Crippen molar-refractivity contribution in [2.45, 2.75) is 10.8 Å². The molecule has 0 saturated heterocycles. The van der Waals surface area contributed by atoms with Crippen LogP contribution in [0.3, 0.4) is 0 Å². The van der Waals surface area contributed by atoms with Gasteiger partial charge in [-0.05, 0) is 109 Å². The van der Waals surface area contributed by atoms with Crippen molar-refractivity contribution in [3.8, 4) is 22.5 Å². The van der Waals surface area contributed by atoms with Gasteiger partial charge in [0, 0.05) is 38.3 Å². The number of hydrogen-bond donors (Lipinski definition) is 0. The largest absolute Gasteiger partial charge is 0.309 e. The highest BCUT2D eigenvalue weighted by Gasteiger charge is 2.69. The average molecular weight is 759 g/mol. The molecule has 10 aromatic carbocycles. The van der Waals surface area contributed by atoms with E-state index in [0.29, 0.717) is 0 Å². The molecule has 0 fully saturated rings. The van der Waals surface area contributed by atoms with Crippen molar-refractivity contribution >= 4 is 65.2 Å². The molecule has 60 heavy (non-hydrogen) atoms. The fourth-order valence-corrected chi connectivity index (χ4v) is 13.0. The SMILES string of the molecule is c1ccc(-n2c3ccccc3c3c4cccc5c4c(cc32)C23c4ccccc4-c4ccccc4C52c2cccc4c2c3cc2c3ccccc3n(-c3ccccc3)c42)cc1. The quantitative estimate of drug-likeness (QED) is 0.166.